The first-order valence-corrected chi connectivity index (χ1v) is 0.836. The molecule has 0 saturated carbocycles. The van der Waals surface area contributed by atoms with Gasteiger partial charge in [0.25, 0.3) is 0 Å². The van der Waals surface area contributed by atoms with Crippen molar-refractivity contribution in [1.29, 1.82) is 5.26 Å². The molecule has 0 aromatic carbocycles. The molecule has 0 fully saturated rings. The van der Waals surface area contributed by atoms with Crippen molar-refractivity contribution >= 4 is 12.6 Å². The smallest absolute Gasteiger partial charge is 0 e. The number of rotatable bonds is 0. The Balaban J connectivity index is -0.00000000667. The molecule has 3 nitrogen and oxygen atoms in total. The van der Waals surface area contributed by atoms with E-state index in [-0.39, 0.29) is 29.4 Å². The first kappa shape index (κ1) is 35.3. The molecule has 0 saturated heterocycles. The van der Waals surface area contributed by atoms with E-state index < -0.39 is 0 Å². The Bertz CT molecular complexity index is 32.3. The van der Waals surface area contributed by atoms with Crippen molar-refractivity contribution in [2.45, 2.75) is 0 Å². The minimum absolute atomic E-state index is 0. The SMILES string of the molecule is N#C[S-].[Cu].[NH2-].[NH2-]. The van der Waals surface area contributed by atoms with Crippen LogP contribution in [0.1, 0.15) is 0 Å². The number of hydrogen-bond donors (Lipinski definition) is 0. The zero-order valence-electron chi connectivity index (χ0n) is 2.81. The molecular formula is CH4CuN3S-3. The molecule has 4 N–H and O–H groups in total. The number of nitriles is 1. The molecule has 0 atom stereocenters. The molecule has 5 heteroatoms. The van der Waals surface area contributed by atoms with Crippen molar-refractivity contribution < 1.29 is 17.1 Å². The van der Waals surface area contributed by atoms with E-state index in [1.165, 1.54) is 5.40 Å². The van der Waals surface area contributed by atoms with Crippen molar-refractivity contribution in [1.82, 2.24) is 0 Å². The van der Waals surface area contributed by atoms with Gasteiger partial charge < -0.3 is 24.9 Å². The van der Waals surface area contributed by atoms with Crippen LogP contribution < -0.4 is 0 Å². The summed E-state index contributed by atoms with van der Waals surface area (Å²) in [6, 6.07) is 0. The van der Waals surface area contributed by atoms with E-state index in [2.05, 4.69) is 12.6 Å². The summed E-state index contributed by atoms with van der Waals surface area (Å²) in [5.41, 5.74) is 0. The van der Waals surface area contributed by atoms with Crippen LogP contribution in [0.2, 0.25) is 0 Å². The predicted octanol–water partition coefficient (Wildman–Crippen LogP) is 1.45. The number of nitrogens with two attached hydrogens (primary N) is 2. The first-order chi connectivity index (χ1) is 1.41. The standard InChI is InChI=1S/CHNS.Cu.2H2N/c2-1-3;;;/h3H;;2*1H2/q;;2*-1/p-1. The average Bonchev–Trinajstić information content (AvgIpc) is 0.918. The van der Waals surface area contributed by atoms with Gasteiger partial charge in [-0.05, 0) is 0 Å². The molecule has 0 aromatic rings. The monoisotopic (exact) mass is 153 g/mol. The van der Waals surface area contributed by atoms with E-state index in [0.717, 1.165) is 0 Å². The fourth-order valence-electron chi connectivity index (χ4n) is 0. The first-order valence-electron chi connectivity index (χ1n) is 0.428. The number of thiocyanates is 1. The molecule has 0 amide bonds. The van der Waals surface area contributed by atoms with E-state index in [9.17, 15) is 0 Å². The summed E-state index contributed by atoms with van der Waals surface area (Å²) in [4.78, 5) is 0. The van der Waals surface area contributed by atoms with Crippen molar-refractivity contribution in [2.24, 2.45) is 0 Å². The second-order valence-corrected chi connectivity index (χ2v) is 0.274. The summed E-state index contributed by atoms with van der Waals surface area (Å²) in [6.45, 7) is 0. The maximum absolute atomic E-state index is 7.13. The summed E-state index contributed by atoms with van der Waals surface area (Å²) >= 11 is 3.70. The minimum Gasteiger partial charge on any atom is -0.696 e. The molecule has 6 heavy (non-hydrogen) atoms. The quantitative estimate of drug-likeness (QED) is 0.299. The predicted molar refractivity (Wildman–Crippen MR) is 23.5 cm³/mol. The number of nitrogens with zero attached hydrogens (tertiary/aromatic N) is 1. The molecule has 0 heterocycles. The van der Waals surface area contributed by atoms with Crippen LogP contribution in [0.5, 0.6) is 0 Å². The van der Waals surface area contributed by atoms with Gasteiger partial charge >= 0.3 is 0 Å². The summed E-state index contributed by atoms with van der Waals surface area (Å²) in [7, 11) is 0. The zero-order chi connectivity index (χ0) is 2.71. The van der Waals surface area contributed by atoms with Gasteiger partial charge in [-0.25, -0.2) is 5.26 Å². The maximum atomic E-state index is 7.13. The fraction of sp³-hybridized carbons (Fsp3) is 0. The van der Waals surface area contributed by atoms with Gasteiger partial charge in [-0.15, -0.1) is 0 Å². The Kier molecular flexibility index (Phi) is 395. The molecule has 0 bridgehead atoms. The van der Waals surface area contributed by atoms with Crippen molar-refractivity contribution in [3.8, 4) is 5.40 Å². The third-order valence-corrected chi connectivity index (χ3v) is 0. The second-order valence-electron chi connectivity index (χ2n) is 0.0913. The summed E-state index contributed by atoms with van der Waals surface area (Å²) in [6.07, 6.45) is 0. The van der Waals surface area contributed by atoms with Crippen molar-refractivity contribution in [2.75, 3.05) is 0 Å². The molecule has 0 unspecified atom stereocenters. The van der Waals surface area contributed by atoms with E-state index in [1.54, 1.807) is 0 Å². The van der Waals surface area contributed by atoms with Gasteiger partial charge in [-0.1, -0.05) is 5.40 Å². The van der Waals surface area contributed by atoms with E-state index in [1.807, 2.05) is 0 Å². The second kappa shape index (κ2) is 67.1. The van der Waals surface area contributed by atoms with Crippen molar-refractivity contribution in [3.05, 3.63) is 12.3 Å². The van der Waals surface area contributed by atoms with E-state index >= 15 is 0 Å². The van der Waals surface area contributed by atoms with Crippen LogP contribution >= 0.6 is 0 Å². The van der Waals surface area contributed by atoms with Gasteiger partial charge in [-0.2, -0.15) is 0 Å². The van der Waals surface area contributed by atoms with Crippen LogP contribution in [-0.4, -0.2) is 0 Å². The van der Waals surface area contributed by atoms with Gasteiger partial charge in [0.15, 0.2) is 0 Å². The van der Waals surface area contributed by atoms with Crippen LogP contribution in [0.3, 0.4) is 0 Å². The zero-order valence-corrected chi connectivity index (χ0v) is 4.57. The molecular weight excluding hydrogens is 150 g/mol. The molecule has 43 valence electrons. The van der Waals surface area contributed by atoms with E-state index in [4.69, 9.17) is 5.26 Å². The molecule has 0 aliphatic heterocycles. The molecule has 0 spiro atoms. The Labute approximate surface area is 53.2 Å². The summed E-state index contributed by atoms with van der Waals surface area (Å²) in [5.74, 6) is 0. The largest absolute Gasteiger partial charge is 0.696 e. The normalized spacial score (nSPS) is 1.17. The van der Waals surface area contributed by atoms with Crippen LogP contribution in [-0.2, 0) is 29.7 Å². The summed E-state index contributed by atoms with van der Waals surface area (Å²) in [5, 5.41) is 8.47. The maximum Gasteiger partial charge on any atom is 0 e. The van der Waals surface area contributed by atoms with Gasteiger partial charge in [0, 0.05) is 17.1 Å². The Morgan fingerprint density at radius 3 is 1.33 bits per heavy atom. The third-order valence-electron chi connectivity index (χ3n) is 0. The minimum atomic E-state index is 0. The van der Waals surface area contributed by atoms with Gasteiger partial charge in [0.1, 0.15) is 0 Å². The third kappa shape index (κ3) is 1840. The Hall–Kier alpha value is 0.149. The van der Waals surface area contributed by atoms with Gasteiger partial charge in [0.05, 0.1) is 0 Å². The molecule has 1 radical (unpaired) electrons. The summed E-state index contributed by atoms with van der Waals surface area (Å²) < 4.78 is 0. The van der Waals surface area contributed by atoms with Crippen LogP contribution in [0, 0.1) is 10.7 Å². The van der Waals surface area contributed by atoms with Gasteiger partial charge in [-0.3, -0.25) is 0 Å². The van der Waals surface area contributed by atoms with Gasteiger partial charge in [0.2, 0.25) is 0 Å². The molecule has 0 aliphatic carbocycles. The fourth-order valence-corrected chi connectivity index (χ4v) is 0. The van der Waals surface area contributed by atoms with E-state index in [0.29, 0.717) is 0 Å². The average molecular weight is 154 g/mol. The van der Waals surface area contributed by atoms with Crippen LogP contribution in [0.4, 0.5) is 0 Å². The Morgan fingerprint density at radius 2 is 1.33 bits per heavy atom. The van der Waals surface area contributed by atoms with Crippen LogP contribution in [0.25, 0.3) is 12.3 Å². The molecule has 0 aliphatic rings. The van der Waals surface area contributed by atoms with Crippen LogP contribution in [0.15, 0.2) is 0 Å². The molecule has 0 aromatic heterocycles. The Morgan fingerprint density at radius 1 is 1.33 bits per heavy atom. The van der Waals surface area contributed by atoms with Crippen molar-refractivity contribution in [3.63, 3.8) is 0 Å². The number of hydrogen-bond acceptors (Lipinski definition) is 2. The molecule has 0 rings (SSSR count). The topological polar surface area (TPSA) is 90.8 Å².